The van der Waals surface area contributed by atoms with Crippen LogP contribution in [0.15, 0.2) is 0 Å². The van der Waals surface area contributed by atoms with Gasteiger partial charge in [0.1, 0.15) is 0 Å². The maximum atomic E-state index is 10.6. The number of carboxylic acid groups (broad SMARTS) is 2. The molecule has 1 unspecified atom stereocenters. The molecule has 0 spiro atoms. The average Bonchev–Trinajstić information content (AvgIpc) is 2.43. The van der Waals surface area contributed by atoms with E-state index < -0.39 is 36.9 Å². The number of carbonyl (C=O) groups excluding carboxylic acids is 2. The van der Waals surface area contributed by atoms with Crippen LogP contribution in [0.4, 0.5) is 0 Å². The quantitative estimate of drug-likeness (QED) is 0.178. The second-order valence-corrected chi connectivity index (χ2v) is 3.72. The van der Waals surface area contributed by atoms with E-state index in [4.69, 9.17) is 15.3 Å². The lowest BCUT2D eigenvalue weighted by atomic mass is 10.3. The SMILES string of the molecule is CC(OOC(=O)CCC(=O)[O-])C(=O)O.OCC[NH2+]CCO. The van der Waals surface area contributed by atoms with E-state index in [1.165, 1.54) is 0 Å². The van der Waals surface area contributed by atoms with Gasteiger partial charge in [-0.25, -0.2) is 9.59 Å². The second kappa shape index (κ2) is 14.7. The van der Waals surface area contributed by atoms with E-state index in [1.807, 2.05) is 5.32 Å². The zero-order valence-electron chi connectivity index (χ0n) is 11.7. The Bertz CT molecular complexity index is 304. The maximum Gasteiger partial charge on any atom is 0.342 e. The zero-order chi connectivity index (χ0) is 16.7. The van der Waals surface area contributed by atoms with Crippen LogP contribution in [0, 0.1) is 0 Å². The monoisotopic (exact) mass is 311 g/mol. The van der Waals surface area contributed by atoms with Crippen molar-refractivity contribution >= 4 is 17.9 Å². The van der Waals surface area contributed by atoms with E-state index in [1.54, 1.807) is 0 Å². The first kappa shape index (κ1) is 21.5. The Morgan fingerprint density at radius 3 is 2.05 bits per heavy atom. The predicted molar refractivity (Wildman–Crippen MR) is 64.3 cm³/mol. The summed E-state index contributed by atoms with van der Waals surface area (Å²) < 4.78 is 0. The third-order valence-electron chi connectivity index (χ3n) is 1.83. The summed E-state index contributed by atoms with van der Waals surface area (Å²) >= 11 is 0. The van der Waals surface area contributed by atoms with Crippen molar-refractivity contribution in [2.24, 2.45) is 0 Å². The average molecular weight is 311 g/mol. The fraction of sp³-hybridized carbons (Fsp3) is 0.727. The number of aliphatic hydroxyl groups is 2. The van der Waals surface area contributed by atoms with Crippen molar-refractivity contribution in [2.75, 3.05) is 26.3 Å². The molecule has 0 saturated carbocycles. The molecule has 10 nitrogen and oxygen atoms in total. The molecular weight excluding hydrogens is 290 g/mol. The molecule has 0 aliphatic carbocycles. The third kappa shape index (κ3) is 18.2. The summed E-state index contributed by atoms with van der Waals surface area (Å²) in [6.45, 7) is 2.94. The number of rotatable bonds is 10. The Kier molecular flexibility index (Phi) is 15.0. The van der Waals surface area contributed by atoms with Gasteiger partial charge in [0.2, 0.25) is 0 Å². The molecule has 0 fully saturated rings. The van der Waals surface area contributed by atoms with Crippen molar-refractivity contribution < 1.29 is 49.9 Å². The van der Waals surface area contributed by atoms with Crippen LogP contribution in [0.1, 0.15) is 19.8 Å². The number of nitrogens with two attached hydrogens (primary N) is 1. The summed E-state index contributed by atoms with van der Waals surface area (Å²) in [7, 11) is 0. The molecule has 0 heterocycles. The molecule has 0 rings (SSSR count). The van der Waals surface area contributed by atoms with E-state index in [-0.39, 0.29) is 13.2 Å². The Morgan fingerprint density at radius 2 is 1.67 bits per heavy atom. The molecule has 0 saturated heterocycles. The summed E-state index contributed by atoms with van der Waals surface area (Å²) in [6.07, 6.45) is -2.21. The van der Waals surface area contributed by atoms with Crippen LogP contribution < -0.4 is 10.4 Å². The van der Waals surface area contributed by atoms with Gasteiger partial charge in [-0.05, 0) is 13.3 Å². The predicted octanol–water partition coefficient (Wildman–Crippen LogP) is -4.00. The van der Waals surface area contributed by atoms with Gasteiger partial charge in [-0.2, -0.15) is 4.89 Å². The Balaban J connectivity index is 0. The number of aliphatic carboxylic acids is 2. The number of carbonyl (C=O) groups is 3. The number of hydrogen-bond acceptors (Lipinski definition) is 8. The van der Waals surface area contributed by atoms with Crippen molar-refractivity contribution in [3.8, 4) is 0 Å². The van der Waals surface area contributed by atoms with Gasteiger partial charge in [-0.1, -0.05) is 0 Å². The summed E-state index contributed by atoms with van der Waals surface area (Å²) in [5.74, 6) is -3.65. The topological polar surface area (TPSA) is 170 Å². The number of carboxylic acids is 2. The molecule has 0 radical (unpaired) electrons. The normalized spacial score (nSPS) is 11.0. The summed E-state index contributed by atoms with van der Waals surface area (Å²) in [4.78, 5) is 38.8. The second-order valence-electron chi connectivity index (χ2n) is 3.72. The highest BCUT2D eigenvalue weighted by Crippen LogP contribution is 1.96. The minimum Gasteiger partial charge on any atom is -0.550 e. The van der Waals surface area contributed by atoms with E-state index in [9.17, 15) is 19.5 Å². The largest absolute Gasteiger partial charge is 0.550 e. The summed E-state index contributed by atoms with van der Waals surface area (Å²) in [6, 6.07) is 0. The van der Waals surface area contributed by atoms with Gasteiger partial charge in [-0.3, -0.25) is 4.89 Å². The first-order chi connectivity index (χ1) is 9.84. The maximum absolute atomic E-state index is 10.6. The molecule has 5 N–H and O–H groups in total. The first-order valence-electron chi connectivity index (χ1n) is 6.17. The molecule has 0 bridgehead atoms. The van der Waals surface area contributed by atoms with Gasteiger partial charge in [0.15, 0.2) is 6.10 Å². The van der Waals surface area contributed by atoms with Crippen molar-refractivity contribution in [1.29, 1.82) is 0 Å². The van der Waals surface area contributed by atoms with Gasteiger partial charge in [0.05, 0.1) is 32.7 Å². The smallest absolute Gasteiger partial charge is 0.342 e. The fourth-order valence-corrected chi connectivity index (χ4v) is 0.740. The molecule has 10 heteroatoms. The van der Waals surface area contributed by atoms with Crippen molar-refractivity contribution in [3.63, 3.8) is 0 Å². The highest BCUT2D eigenvalue weighted by atomic mass is 17.2. The highest BCUT2D eigenvalue weighted by Gasteiger charge is 2.14. The minimum atomic E-state index is -1.40. The highest BCUT2D eigenvalue weighted by molar-refractivity contribution is 5.75. The lowest BCUT2D eigenvalue weighted by Gasteiger charge is -2.06. The number of hydrogen-bond donors (Lipinski definition) is 4. The van der Waals surface area contributed by atoms with Crippen LogP contribution in [-0.2, 0) is 24.2 Å². The summed E-state index contributed by atoms with van der Waals surface area (Å²) in [5, 5.41) is 36.4. The van der Waals surface area contributed by atoms with Crippen LogP contribution in [0.2, 0.25) is 0 Å². The molecule has 124 valence electrons. The van der Waals surface area contributed by atoms with E-state index in [0.717, 1.165) is 6.92 Å². The molecule has 0 aromatic rings. The first-order valence-corrected chi connectivity index (χ1v) is 6.17. The fourth-order valence-electron chi connectivity index (χ4n) is 0.740. The Hall–Kier alpha value is -1.75. The minimum absolute atomic E-state index is 0.194. The molecule has 0 aromatic heterocycles. The van der Waals surface area contributed by atoms with Crippen LogP contribution >= 0.6 is 0 Å². The van der Waals surface area contributed by atoms with Crippen molar-refractivity contribution in [3.05, 3.63) is 0 Å². The molecule has 0 aromatic carbocycles. The van der Waals surface area contributed by atoms with Gasteiger partial charge >= 0.3 is 11.9 Å². The van der Waals surface area contributed by atoms with Gasteiger partial charge < -0.3 is 30.5 Å². The Labute approximate surface area is 121 Å². The van der Waals surface area contributed by atoms with Crippen molar-refractivity contribution in [1.82, 2.24) is 0 Å². The number of quaternary nitrogens is 1. The van der Waals surface area contributed by atoms with Gasteiger partial charge in [-0.15, -0.1) is 0 Å². The van der Waals surface area contributed by atoms with Gasteiger partial charge in [0, 0.05) is 5.97 Å². The summed E-state index contributed by atoms with van der Waals surface area (Å²) in [5.41, 5.74) is 0. The molecule has 0 aliphatic heterocycles. The molecule has 21 heavy (non-hydrogen) atoms. The lowest BCUT2D eigenvalue weighted by molar-refractivity contribution is -0.657. The van der Waals surface area contributed by atoms with E-state index >= 15 is 0 Å². The van der Waals surface area contributed by atoms with E-state index in [0.29, 0.717) is 13.1 Å². The zero-order valence-corrected chi connectivity index (χ0v) is 11.7. The van der Waals surface area contributed by atoms with Gasteiger partial charge in [0.25, 0.3) is 0 Å². The Morgan fingerprint density at radius 1 is 1.14 bits per heavy atom. The molecular formula is C11H21NO9. The standard InChI is InChI=1S/C7H10O7.C4H11NO2/c1-4(7(11)12)13-14-6(10)3-2-5(8)9;6-3-1-5-2-4-7/h4H,2-3H2,1H3,(H,8,9)(H,11,12);5-7H,1-4H2. The van der Waals surface area contributed by atoms with Crippen LogP contribution in [0.3, 0.4) is 0 Å². The lowest BCUT2D eigenvalue weighted by Crippen LogP contribution is -2.85. The van der Waals surface area contributed by atoms with Crippen LogP contribution in [0.25, 0.3) is 0 Å². The molecule has 1 atom stereocenters. The number of aliphatic hydroxyl groups excluding tert-OH is 2. The van der Waals surface area contributed by atoms with Crippen molar-refractivity contribution in [2.45, 2.75) is 25.9 Å². The molecule has 0 amide bonds. The van der Waals surface area contributed by atoms with E-state index in [2.05, 4.69) is 9.78 Å². The van der Waals surface area contributed by atoms with Crippen LogP contribution in [-0.4, -0.2) is 65.6 Å². The molecule has 0 aliphatic rings. The third-order valence-corrected chi connectivity index (χ3v) is 1.83. The van der Waals surface area contributed by atoms with Crippen LogP contribution in [0.5, 0.6) is 0 Å².